The summed E-state index contributed by atoms with van der Waals surface area (Å²) in [5.74, 6) is -0.475. The molecule has 0 radical (unpaired) electrons. The molecular formula is C19H24F3N3O3S. The van der Waals surface area contributed by atoms with Crippen LogP contribution < -0.4 is 10.0 Å². The molecule has 6 nitrogen and oxygen atoms in total. The minimum atomic E-state index is -4.49. The number of carbonyl (C=O) groups excluding carboxylic acids is 1. The molecule has 10 heteroatoms. The zero-order valence-electron chi connectivity index (χ0n) is 16.5. The lowest BCUT2D eigenvalue weighted by Gasteiger charge is -2.22. The molecule has 2 N–H and O–H groups in total. The highest BCUT2D eigenvalue weighted by Gasteiger charge is 2.31. The monoisotopic (exact) mass is 431 g/mol. The fraction of sp³-hybridized carbons (Fsp3) is 0.421. The number of hydrogen-bond donors (Lipinski definition) is 2. The van der Waals surface area contributed by atoms with E-state index in [1.54, 1.807) is 0 Å². The van der Waals surface area contributed by atoms with Gasteiger partial charge in [0, 0.05) is 13.2 Å². The third-order valence-electron chi connectivity index (χ3n) is 4.42. The Labute approximate surface area is 168 Å². The molecule has 2 rings (SSSR count). The molecule has 29 heavy (non-hydrogen) atoms. The van der Waals surface area contributed by atoms with Gasteiger partial charge in [-0.2, -0.15) is 13.2 Å². The van der Waals surface area contributed by atoms with Crippen LogP contribution in [0.25, 0.3) is 0 Å². The van der Waals surface area contributed by atoms with E-state index >= 15 is 0 Å². The van der Waals surface area contributed by atoms with Gasteiger partial charge >= 0.3 is 6.18 Å². The van der Waals surface area contributed by atoms with Gasteiger partial charge in [0.25, 0.3) is 5.91 Å². The molecule has 1 aromatic carbocycles. The van der Waals surface area contributed by atoms with E-state index in [0.717, 1.165) is 12.1 Å². The van der Waals surface area contributed by atoms with Gasteiger partial charge in [-0.1, -0.05) is 26.0 Å². The minimum Gasteiger partial charge on any atom is -0.345 e. The number of sulfonamides is 1. The van der Waals surface area contributed by atoms with Crippen molar-refractivity contribution in [1.82, 2.24) is 14.6 Å². The van der Waals surface area contributed by atoms with Gasteiger partial charge in [0.1, 0.15) is 10.6 Å². The van der Waals surface area contributed by atoms with Crippen molar-refractivity contribution < 1.29 is 26.4 Å². The summed E-state index contributed by atoms with van der Waals surface area (Å²) in [6.07, 6.45) is -2.78. The number of carbonyl (C=O) groups is 1. The van der Waals surface area contributed by atoms with Gasteiger partial charge < -0.3 is 9.88 Å². The normalized spacial score (nSPS) is 13.5. The molecule has 160 valence electrons. The van der Waals surface area contributed by atoms with Gasteiger partial charge in [-0.05, 0) is 43.1 Å². The number of nitrogens with zero attached hydrogens (tertiary/aromatic N) is 1. The Balaban J connectivity index is 2.36. The van der Waals surface area contributed by atoms with E-state index < -0.39 is 33.7 Å². The van der Waals surface area contributed by atoms with Gasteiger partial charge in [-0.25, -0.2) is 13.1 Å². The summed E-state index contributed by atoms with van der Waals surface area (Å²) in [5.41, 5.74) is -0.377. The highest BCUT2D eigenvalue weighted by molar-refractivity contribution is 7.89. The highest BCUT2D eigenvalue weighted by atomic mass is 32.2. The number of aryl methyl sites for hydroxylation is 1. The van der Waals surface area contributed by atoms with E-state index in [2.05, 4.69) is 10.0 Å². The lowest BCUT2D eigenvalue weighted by molar-refractivity contribution is -0.137. The minimum absolute atomic E-state index is 0.0767. The topological polar surface area (TPSA) is 80.2 Å². The summed E-state index contributed by atoms with van der Waals surface area (Å²) >= 11 is 0. The second-order valence-corrected chi connectivity index (χ2v) is 9.04. The molecule has 1 amide bonds. The van der Waals surface area contributed by atoms with Gasteiger partial charge in [-0.15, -0.1) is 0 Å². The second kappa shape index (κ2) is 8.58. The van der Waals surface area contributed by atoms with Crippen LogP contribution in [0.2, 0.25) is 0 Å². The van der Waals surface area contributed by atoms with Crippen LogP contribution in [0.15, 0.2) is 41.4 Å². The summed E-state index contributed by atoms with van der Waals surface area (Å²) < 4.78 is 66.6. The van der Waals surface area contributed by atoms with Gasteiger partial charge in [0.05, 0.1) is 11.6 Å². The van der Waals surface area contributed by atoms with Crippen LogP contribution in [0, 0.1) is 5.92 Å². The molecule has 0 bridgehead atoms. The lowest BCUT2D eigenvalue weighted by Crippen LogP contribution is -2.31. The predicted octanol–water partition coefficient (Wildman–Crippen LogP) is 3.47. The molecule has 0 saturated heterocycles. The molecule has 0 spiro atoms. The van der Waals surface area contributed by atoms with Crippen LogP contribution in [-0.4, -0.2) is 25.9 Å². The zero-order valence-corrected chi connectivity index (χ0v) is 17.4. The molecular weight excluding hydrogens is 407 g/mol. The van der Waals surface area contributed by atoms with Crippen molar-refractivity contribution in [3.8, 4) is 0 Å². The van der Waals surface area contributed by atoms with Crippen molar-refractivity contribution in [1.29, 1.82) is 0 Å². The fourth-order valence-corrected chi connectivity index (χ4v) is 3.74. The lowest BCUT2D eigenvalue weighted by atomic mass is 9.95. The van der Waals surface area contributed by atoms with Crippen molar-refractivity contribution in [2.75, 3.05) is 7.05 Å². The Bertz CT molecular complexity index is 982. The molecule has 1 aromatic heterocycles. The Morgan fingerprint density at radius 2 is 1.86 bits per heavy atom. The Kier molecular flexibility index (Phi) is 6.79. The number of aromatic nitrogens is 1. The number of nitrogens with one attached hydrogen (secondary N) is 2. The third kappa shape index (κ3) is 5.60. The number of alkyl halides is 3. The van der Waals surface area contributed by atoms with E-state index in [-0.39, 0.29) is 16.5 Å². The maximum atomic E-state index is 13.1. The standard InChI is InChI=1S/C19H24F3N3O3S/c1-12(2)8-16(13-6-5-7-14(9-13)19(20,21)22)24-18(26)17-10-15(11-25(17)4)29(27,28)23-3/h5-7,9-12,16,23H,8H2,1-4H3,(H,24,26)/t16-/m0/s1. The van der Waals surface area contributed by atoms with Crippen molar-refractivity contribution in [3.05, 3.63) is 53.3 Å². The van der Waals surface area contributed by atoms with Crippen molar-refractivity contribution in [2.24, 2.45) is 13.0 Å². The quantitative estimate of drug-likeness (QED) is 0.705. The fourth-order valence-electron chi connectivity index (χ4n) is 2.94. The van der Waals surface area contributed by atoms with Crippen molar-refractivity contribution >= 4 is 15.9 Å². The summed E-state index contributed by atoms with van der Waals surface area (Å²) in [7, 11) is -0.953. The third-order valence-corrected chi connectivity index (χ3v) is 5.80. The van der Waals surface area contributed by atoms with Crippen molar-refractivity contribution in [3.63, 3.8) is 0 Å². The number of amides is 1. The summed E-state index contributed by atoms with van der Waals surface area (Å²) in [4.78, 5) is 12.7. The van der Waals surface area contributed by atoms with Gasteiger partial charge in [-0.3, -0.25) is 4.79 Å². The maximum Gasteiger partial charge on any atom is 0.416 e. The smallest absolute Gasteiger partial charge is 0.345 e. The van der Waals surface area contributed by atoms with Crippen LogP contribution in [0.4, 0.5) is 13.2 Å². The van der Waals surface area contributed by atoms with E-state index in [1.165, 1.54) is 43.1 Å². The predicted molar refractivity (Wildman–Crippen MR) is 103 cm³/mol. The average molecular weight is 431 g/mol. The summed E-state index contributed by atoms with van der Waals surface area (Å²) in [5, 5.41) is 2.74. The van der Waals surface area contributed by atoms with Crippen LogP contribution in [-0.2, 0) is 23.2 Å². The van der Waals surface area contributed by atoms with Crippen molar-refractivity contribution in [2.45, 2.75) is 37.4 Å². The zero-order chi connectivity index (χ0) is 22.0. The van der Waals surface area contributed by atoms with E-state index in [4.69, 9.17) is 0 Å². The number of benzene rings is 1. The van der Waals surface area contributed by atoms with E-state index in [0.29, 0.717) is 12.0 Å². The molecule has 0 fully saturated rings. The number of rotatable bonds is 7. The number of hydrogen-bond acceptors (Lipinski definition) is 3. The first kappa shape index (κ1) is 23.0. The SMILES string of the molecule is CNS(=O)(=O)c1cc(C(=O)N[C@@H](CC(C)C)c2cccc(C(F)(F)F)c2)n(C)c1. The van der Waals surface area contributed by atoms with Gasteiger partial charge in [0.15, 0.2) is 0 Å². The first-order valence-corrected chi connectivity index (χ1v) is 10.4. The average Bonchev–Trinajstić information content (AvgIpc) is 3.03. The molecule has 0 aliphatic carbocycles. The highest BCUT2D eigenvalue weighted by Crippen LogP contribution is 2.32. The maximum absolute atomic E-state index is 13.1. The van der Waals surface area contributed by atoms with Gasteiger partial charge in [0.2, 0.25) is 10.0 Å². The molecule has 2 aromatic rings. The van der Waals surface area contributed by atoms with E-state index in [1.807, 2.05) is 13.8 Å². The first-order chi connectivity index (χ1) is 13.3. The van der Waals surface area contributed by atoms with Crippen LogP contribution in [0.3, 0.4) is 0 Å². The Morgan fingerprint density at radius 1 is 1.21 bits per heavy atom. The molecule has 0 aliphatic heterocycles. The number of halogens is 3. The molecule has 1 atom stereocenters. The van der Waals surface area contributed by atoms with E-state index in [9.17, 15) is 26.4 Å². The summed E-state index contributed by atoms with van der Waals surface area (Å²) in [6.45, 7) is 3.79. The first-order valence-electron chi connectivity index (χ1n) is 8.93. The molecule has 0 aliphatic rings. The molecule has 1 heterocycles. The Hall–Kier alpha value is -2.33. The van der Waals surface area contributed by atoms with Crippen LogP contribution in [0.5, 0.6) is 0 Å². The summed E-state index contributed by atoms with van der Waals surface area (Å²) in [6, 6.07) is 5.39. The molecule has 0 saturated carbocycles. The largest absolute Gasteiger partial charge is 0.416 e. The Morgan fingerprint density at radius 3 is 2.41 bits per heavy atom. The van der Waals surface area contributed by atoms with Crippen LogP contribution in [0.1, 0.15) is 47.9 Å². The molecule has 0 unspecified atom stereocenters. The van der Waals surface area contributed by atoms with Crippen LogP contribution >= 0.6 is 0 Å². The second-order valence-electron chi connectivity index (χ2n) is 7.16.